The Morgan fingerprint density at radius 1 is 1.03 bits per heavy atom. The zero-order chi connectivity index (χ0) is 23.1. The molecule has 1 N–H and O–H groups in total. The van der Waals surface area contributed by atoms with Crippen LogP contribution in [0.25, 0.3) is 0 Å². The number of nitrogens with one attached hydrogen (secondary N) is 1. The molecule has 0 aliphatic rings. The van der Waals surface area contributed by atoms with E-state index in [2.05, 4.69) is 4.72 Å². The van der Waals surface area contributed by atoms with Gasteiger partial charge in [-0.3, -0.25) is 9.52 Å². The first-order valence-corrected chi connectivity index (χ1v) is 11.5. The van der Waals surface area contributed by atoms with Gasteiger partial charge in [0.25, 0.3) is 15.9 Å². The molecule has 7 nitrogen and oxygen atoms in total. The van der Waals surface area contributed by atoms with Crippen LogP contribution in [0.3, 0.4) is 0 Å². The molecular weight excluding hydrogens is 452 g/mol. The number of ether oxygens (including phenoxy) is 2. The van der Waals surface area contributed by atoms with Crippen molar-refractivity contribution < 1.29 is 22.7 Å². The summed E-state index contributed by atoms with van der Waals surface area (Å²) in [5.74, 6) is 0.598. The van der Waals surface area contributed by atoms with Gasteiger partial charge in [0.15, 0.2) is 6.61 Å². The van der Waals surface area contributed by atoms with Crippen LogP contribution in [0.5, 0.6) is 11.5 Å². The summed E-state index contributed by atoms with van der Waals surface area (Å²) < 4.78 is 38.3. The maximum absolute atomic E-state index is 12.6. The second-order valence-corrected chi connectivity index (χ2v) is 9.04. The maximum Gasteiger partial charge on any atom is 0.261 e. The summed E-state index contributed by atoms with van der Waals surface area (Å²) >= 11 is 6.21. The van der Waals surface area contributed by atoms with E-state index in [4.69, 9.17) is 21.1 Å². The predicted molar refractivity (Wildman–Crippen MR) is 124 cm³/mol. The number of carbonyl (C=O) groups is 1. The molecule has 32 heavy (non-hydrogen) atoms. The Kier molecular flexibility index (Phi) is 7.61. The molecule has 0 spiro atoms. The topological polar surface area (TPSA) is 84.9 Å². The lowest BCUT2D eigenvalue weighted by Crippen LogP contribution is -2.31. The van der Waals surface area contributed by atoms with E-state index in [9.17, 15) is 13.2 Å². The Hall–Kier alpha value is -3.23. The first-order valence-electron chi connectivity index (χ1n) is 9.65. The second-order valence-electron chi connectivity index (χ2n) is 6.95. The van der Waals surface area contributed by atoms with E-state index in [0.717, 1.165) is 5.56 Å². The third-order valence-corrected chi connectivity index (χ3v) is 6.27. The molecule has 3 aromatic rings. The summed E-state index contributed by atoms with van der Waals surface area (Å²) in [4.78, 5) is 13.9. The van der Waals surface area contributed by atoms with Gasteiger partial charge in [0, 0.05) is 19.3 Å². The summed E-state index contributed by atoms with van der Waals surface area (Å²) in [6, 6.07) is 20.1. The molecule has 0 heterocycles. The normalized spacial score (nSPS) is 11.0. The van der Waals surface area contributed by atoms with Crippen molar-refractivity contribution in [2.45, 2.75) is 11.4 Å². The molecule has 0 saturated heterocycles. The molecule has 1 amide bonds. The maximum atomic E-state index is 12.6. The highest BCUT2D eigenvalue weighted by atomic mass is 35.5. The van der Waals surface area contributed by atoms with Crippen LogP contribution in [0.1, 0.15) is 5.56 Å². The third kappa shape index (κ3) is 6.15. The van der Waals surface area contributed by atoms with Crippen LogP contribution >= 0.6 is 11.6 Å². The fraction of sp³-hybridized carbons (Fsp3) is 0.174. The van der Waals surface area contributed by atoms with Gasteiger partial charge >= 0.3 is 0 Å². The van der Waals surface area contributed by atoms with Gasteiger partial charge in [0.2, 0.25) is 0 Å². The number of methoxy groups -OCH3 is 1. The molecule has 0 atom stereocenters. The number of halogens is 1. The van der Waals surface area contributed by atoms with Gasteiger partial charge in [-0.15, -0.1) is 0 Å². The summed E-state index contributed by atoms with van der Waals surface area (Å²) in [6.45, 7) is 0.226. The van der Waals surface area contributed by atoms with Crippen molar-refractivity contribution in [1.82, 2.24) is 4.90 Å². The zero-order valence-electron chi connectivity index (χ0n) is 17.6. The lowest BCUT2D eigenvalue weighted by atomic mass is 10.2. The predicted octanol–water partition coefficient (Wildman–Crippen LogP) is 4.19. The quantitative estimate of drug-likeness (QED) is 0.502. The Balaban J connectivity index is 1.61. The number of sulfonamides is 1. The largest absolute Gasteiger partial charge is 0.497 e. The highest BCUT2D eigenvalue weighted by Crippen LogP contribution is 2.28. The number of amides is 1. The van der Waals surface area contributed by atoms with E-state index < -0.39 is 10.0 Å². The van der Waals surface area contributed by atoms with Crippen molar-refractivity contribution >= 4 is 33.2 Å². The van der Waals surface area contributed by atoms with Gasteiger partial charge in [-0.05, 0) is 48.0 Å². The smallest absolute Gasteiger partial charge is 0.261 e. The van der Waals surface area contributed by atoms with Gasteiger partial charge in [0.1, 0.15) is 11.5 Å². The van der Waals surface area contributed by atoms with Crippen LogP contribution in [0.2, 0.25) is 5.02 Å². The summed E-state index contributed by atoms with van der Waals surface area (Å²) in [7, 11) is -0.649. The van der Waals surface area contributed by atoms with E-state index in [-0.39, 0.29) is 28.2 Å². The van der Waals surface area contributed by atoms with Gasteiger partial charge < -0.3 is 14.4 Å². The van der Waals surface area contributed by atoms with Gasteiger partial charge in [-0.1, -0.05) is 41.9 Å². The molecular formula is C23H23ClN2O5S. The van der Waals surface area contributed by atoms with Crippen LogP contribution in [0.4, 0.5) is 5.69 Å². The number of carbonyl (C=O) groups excluding carboxylic acids is 1. The van der Waals surface area contributed by atoms with Crippen LogP contribution < -0.4 is 14.2 Å². The lowest BCUT2D eigenvalue weighted by Gasteiger charge is -2.18. The molecule has 0 saturated carbocycles. The average Bonchev–Trinajstić information content (AvgIpc) is 2.79. The molecule has 168 valence electrons. The number of hydrogen-bond acceptors (Lipinski definition) is 5. The molecule has 3 aromatic carbocycles. The van der Waals surface area contributed by atoms with Crippen molar-refractivity contribution in [2.75, 3.05) is 25.5 Å². The monoisotopic (exact) mass is 474 g/mol. The average molecular weight is 475 g/mol. The minimum Gasteiger partial charge on any atom is -0.497 e. The number of nitrogens with zero attached hydrogens (tertiary/aromatic N) is 1. The van der Waals surface area contributed by atoms with Crippen LogP contribution in [-0.4, -0.2) is 40.0 Å². The Morgan fingerprint density at radius 2 is 1.72 bits per heavy atom. The number of likely N-dealkylation sites (N-methyl/N-ethyl adjacent to an activating group) is 1. The molecule has 0 radical (unpaired) electrons. The summed E-state index contributed by atoms with van der Waals surface area (Å²) in [5.41, 5.74) is 1.38. The number of rotatable bonds is 9. The van der Waals surface area contributed by atoms with Crippen molar-refractivity contribution in [3.05, 3.63) is 83.4 Å². The molecule has 0 aliphatic heterocycles. The third-order valence-electron chi connectivity index (χ3n) is 4.60. The summed E-state index contributed by atoms with van der Waals surface area (Å²) in [6.07, 6.45) is 0. The van der Waals surface area contributed by atoms with E-state index >= 15 is 0 Å². The molecule has 0 aromatic heterocycles. The first kappa shape index (κ1) is 23.4. The van der Waals surface area contributed by atoms with Gasteiger partial charge in [-0.2, -0.15) is 0 Å². The molecule has 3 rings (SSSR count). The zero-order valence-corrected chi connectivity index (χ0v) is 19.2. The summed E-state index contributed by atoms with van der Waals surface area (Å²) in [5, 5.41) is 0.0844. The van der Waals surface area contributed by atoms with Crippen LogP contribution in [0.15, 0.2) is 77.7 Å². The first-order chi connectivity index (χ1) is 15.3. The molecule has 0 fully saturated rings. The van der Waals surface area contributed by atoms with Crippen molar-refractivity contribution in [2.24, 2.45) is 0 Å². The van der Waals surface area contributed by atoms with E-state index in [0.29, 0.717) is 18.0 Å². The number of benzene rings is 3. The fourth-order valence-electron chi connectivity index (χ4n) is 2.83. The van der Waals surface area contributed by atoms with Crippen molar-refractivity contribution in [1.29, 1.82) is 0 Å². The Labute approximate surface area is 192 Å². The van der Waals surface area contributed by atoms with E-state index in [1.54, 1.807) is 36.2 Å². The van der Waals surface area contributed by atoms with E-state index in [1.807, 2.05) is 30.3 Å². The van der Waals surface area contributed by atoms with Gasteiger partial charge in [0.05, 0.1) is 17.0 Å². The van der Waals surface area contributed by atoms with E-state index in [1.165, 1.54) is 25.3 Å². The molecule has 0 aliphatic carbocycles. The Bertz CT molecular complexity index is 1170. The number of hydrogen-bond donors (Lipinski definition) is 1. The fourth-order valence-corrected chi connectivity index (χ4v) is 4.22. The molecule has 0 unspecified atom stereocenters. The van der Waals surface area contributed by atoms with Crippen LogP contribution in [-0.2, 0) is 21.4 Å². The lowest BCUT2D eigenvalue weighted by molar-refractivity contribution is -0.132. The van der Waals surface area contributed by atoms with Gasteiger partial charge in [-0.25, -0.2) is 8.42 Å². The minimum atomic E-state index is -3.86. The Morgan fingerprint density at radius 3 is 2.34 bits per heavy atom. The van der Waals surface area contributed by atoms with Crippen molar-refractivity contribution in [3.8, 4) is 11.5 Å². The molecule has 9 heteroatoms. The standard InChI is InChI=1S/C23H23ClN2O5S/c1-26(15-17-6-4-3-5-7-17)23(27)16-31-22-13-12-20(14-21(22)24)32(28,29)25-18-8-10-19(30-2)11-9-18/h3-14,25H,15-16H2,1-2H3. The number of anilines is 1. The highest BCUT2D eigenvalue weighted by molar-refractivity contribution is 7.92. The van der Waals surface area contributed by atoms with Crippen molar-refractivity contribution in [3.63, 3.8) is 0 Å². The highest BCUT2D eigenvalue weighted by Gasteiger charge is 2.17. The minimum absolute atomic E-state index is 0.0295. The SMILES string of the molecule is COc1ccc(NS(=O)(=O)c2ccc(OCC(=O)N(C)Cc3ccccc3)c(Cl)c2)cc1. The van der Waals surface area contributed by atoms with Crippen LogP contribution in [0, 0.1) is 0 Å². The molecule has 0 bridgehead atoms. The second kappa shape index (κ2) is 10.4.